The number of carboxylic acids is 1. The van der Waals surface area contributed by atoms with Gasteiger partial charge < -0.3 is 14.6 Å². The van der Waals surface area contributed by atoms with Gasteiger partial charge in [-0.3, -0.25) is 4.57 Å². The minimum atomic E-state index is -4.50. The number of nitrogens with zero attached hydrogens (tertiary/aromatic N) is 2. The van der Waals surface area contributed by atoms with Crippen molar-refractivity contribution in [2.75, 3.05) is 0 Å². The normalized spacial score (nSPS) is 13.1. The molecular weight excluding hydrogens is 467 g/mol. The van der Waals surface area contributed by atoms with Crippen LogP contribution < -0.4 is 15.2 Å². The second-order valence-electron chi connectivity index (χ2n) is 8.81. The minimum absolute atomic E-state index is 0.190. The molecule has 1 atom stereocenters. The number of benzene rings is 2. The van der Waals surface area contributed by atoms with Crippen LogP contribution in [-0.2, 0) is 11.0 Å². The fourth-order valence-electron chi connectivity index (χ4n) is 3.38. The number of carboxylic acid groups (broad SMARTS) is 1. The van der Waals surface area contributed by atoms with E-state index in [0.717, 1.165) is 12.1 Å². The number of halogens is 3. The maximum absolute atomic E-state index is 13.1. The lowest BCUT2D eigenvalue weighted by atomic mass is 10.1. The first-order valence-electron chi connectivity index (χ1n) is 10.7. The summed E-state index contributed by atoms with van der Waals surface area (Å²) in [6.45, 7) is 8.08. The topological polar surface area (TPSA) is 106 Å². The van der Waals surface area contributed by atoms with Crippen LogP contribution in [0.3, 0.4) is 0 Å². The van der Waals surface area contributed by atoms with Crippen molar-refractivity contribution in [1.29, 1.82) is 0 Å². The molecule has 188 valence electrons. The number of hydrogen-bond donors (Lipinski definition) is 2. The van der Waals surface area contributed by atoms with Crippen LogP contribution >= 0.6 is 0 Å². The Bertz CT molecular complexity index is 1260. The first kappa shape index (κ1) is 25.9. The summed E-state index contributed by atoms with van der Waals surface area (Å²) < 4.78 is 52.3. The zero-order valence-electron chi connectivity index (χ0n) is 19.8. The predicted octanol–water partition coefficient (Wildman–Crippen LogP) is 4.89. The maximum atomic E-state index is 13.1. The zero-order valence-corrected chi connectivity index (χ0v) is 19.8. The van der Waals surface area contributed by atoms with Crippen LogP contribution in [-0.4, -0.2) is 31.4 Å². The van der Waals surface area contributed by atoms with Crippen molar-refractivity contribution >= 4 is 5.97 Å². The second kappa shape index (κ2) is 9.47. The lowest BCUT2D eigenvalue weighted by Crippen LogP contribution is -2.38. The zero-order chi connectivity index (χ0) is 26.1. The van der Waals surface area contributed by atoms with Crippen molar-refractivity contribution in [3.05, 3.63) is 75.5 Å². The highest BCUT2D eigenvalue weighted by atomic mass is 19.4. The predicted molar refractivity (Wildman–Crippen MR) is 121 cm³/mol. The van der Waals surface area contributed by atoms with E-state index in [1.807, 2.05) is 0 Å². The highest BCUT2D eigenvalue weighted by molar-refractivity contribution is 5.76. The fraction of sp³-hybridized carbons (Fsp3) is 0.375. The van der Waals surface area contributed by atoms with E-state index in [2.05, 4.69) is 10.2 Å². The van der Waals surface area contributed by atoms with Gasteiger partial charge in [0.05, 0.1) is 5.56 Å². The molecule has 1 unspecified atom stereocenters. The van der Waals surface area contributed by atoms with E-state index >= 15 is 0 Å². The number of alkyl halides is 3. The molecule has 1 heterocycles. The lowest BCUT2D eigenvalue weighted by Gasteiger charge is -2.24. The molecular formula is C24H26F3N3O5. The summed E-state index contributed by atoms with van der Waals surface area (Å²) in [6.07, 6.45) is -5.52. The van der Waals surface area contributed by atoms with Gasteiger partial charge in [-0.05, 0) is 70.5 Å². The lowest BCUT2D eigenvalue weighted by molar-refractivity contribution is -0.152. The second-order valence-corrected chi connectivity index (χ2v) is 8.81. The summed E-state index contributed by atoms with van der Waals surface area (Å²) in [5.41, 5.74) is -1.83. The van der Waals surface area contributed by atoms with Gasteiger partial charge in [-0.25, -0.2) is 14.7 Å². The highest BCUT2D eigenvalue weighted by Gasteiger charge is 2.32. The van der Waals surface area contributed by atoms with Crippen LogP contribution in [0.1, 0.15) is 62.4 Å². The van der Waals surface area contributed by atoms with Crippen molar-refractivity contribution in [3.63, 3.8) is 0 Å². The molecule has 0 amide bonds. The molecule has 11 heteroatoms. The number of hydrogen-bond acceptors (Lipinski definition) is 5. The molecule has 0 bridgehead atoms. The Kier molecular flexibility index (Phi) is 7.00. The molecule has 0 aliphatic carbocycles. The number of aromatic amines is 1. The monoisotopic (exact) mass is 493 g/mol. The number of ether oxygens (including phenoxy) is 2. The van der Waals surface area contributed by atoms with E-state index in [1.165, 1.54) is 30.5 Å². The first-order chi connectivity index (χ1) is 16.2. The third-order valence-electron chi connectivity index (χ3n) is 5.30. The van der Waals surface area contributed by atoms with Gasteiger partial charge >= 0.3 is 17.8 Å². The number of H-pyrrole nitrogens is 1. The molecule has 0 radical (unpaired) electrons. The number of aromatic nitrogens is 3. The average Bonchev–Trinajstić information content (AvgIpc) is 3.14. The Labute approximate surface area is 199 Å². The van der Waals surface area contributed by atoms with Crippen LogP contribution in [0.4, 0.5) is 13.2 Å². The Hall–Kier alpha value is -3.76. The molecule has 2 N–H and O–H groups in total. The molecule has 3 aromatic rings. The van der Waals surface area contributed by atoms with Crippen LogP contribution in [0.5, 0.6) is 11.5 Å². The number of carbonyl (C=O) groups is 1. The van der Waals surface area contributed by atoms with Crippen molar-refractivity contribution in [2.45, 2.75) is 58.5 Å². The smallest absolute Gasteiger partial charge is 0.416 e. The van der Waals surface area contributed by atoms with Gasteiger partial charge in [0, 0.05) is 11.6 Å². The average molecular weight is 493 g/mol. The summed E-state index contributed by atoms with van der Waals surface area (Å²) in [5, 5.41) is 15.7. The summed E-state index contributed by atoms with van der Waals surface area (Å²) >= 11 is 0. The molecule has 0 aliphatic rings. The number of nitrogens with one attached hydrogen (secondary N) is 1. The van der Waals surface area contributed by atoms with Gasteiger partial charge in [0.2, 0.25) is 0 Å². The molecule has 0 spiro atoms. The molecule has 8 nitrogen and oxygen atoms in total. The largest absolute Gasteiger partial charge is 0.478 e. The molecule has 0 fully saturated rings. The van der Waals surface area contributed by atoms with E-state index in [4.69, 9.17) is 9.47 Å². The standard InChI is InChI=1S/C24H26F3N3O5/c1-13(2)30-20(28-29-22(30)33)19(15-6-8-16(9-7-15)24(25,26)27)34-17-10-11-18(14(3)12-17)35-23(4,5)21(31)32/h6-13,19H,1-5H3,(H,29,33)(H,31,32). The van der Waals surface area contributed by atoms with Gasteiger partial charge in [0.25, 0.3) is 0 Å². The van der Waals surface area contributed by atoms with E-state index in [9.17, 15) is 27.9 Å². The van der Waals surface area contributed by atoms with E-state index < -0.39 is 35.1 Å². The number of aliphatic carboxylic acids is 1. The fourth-order valence-corrected chi connectivity index (χ4v) is 3.38. The van der Waals surface area contributed by atoms with Crippen LogP contribution in [0.2, 0.25) is 0 Å². The van der Waals surface area contributed by atoms with Gasteiger partial charge in [-0.15, -0.1) is 0 Å². The summed E-state index contributed by atoms with van der Waals surface area (Å²) in [4.78, 5) is 23.7. The third kappa shape index (κ3) is 5.67. The van der Waals surface area contributed by atoms with Gasteiger partial charge in [-0.1, -0.05) is 12.1 Å². The molecule has 2 aromatic carbocycles. The summed E-state index contributed by atoms with van der Waals surface area (Å²) in [6, 6.07) is 8.82. The molecule has 35 heavy (non-hydrogen) atoms. The maximum Gasteiger partial charge on any atom is 0.416 e. The van der Waals surface area contributed by atoms with Crippen LogP contribution in [0, 0.1) is 6.92 Å². The van der Waals surface area contributed by atoms with Crippen molar-refractivity contribution in [1.82, 2.24) is 14.8 Å². The van der Waals surface area contributed by atoms with E-state index in [-0.39, 0.29) is 11.9 Å². The van der Waals surface area contributed by atoms with Crippen LogP contribution in [0.15, 0.2) is 47.3 Å². The Balaban J connectivity index is 2.02. The minimum Gasteiger partial charge on any atom is -0.478 e. The SMILES string of the molecule is Cc1cc(OC(c2ccc(C(F)(F)F)cc2)c2n[nH]c(=O)n2C(C)C)ccc1OC(C)(C)C(=O)O. The molecule has 0 saturated heterocycles. The highest BCUT2D eigenvalue weighted by Crippen LogP contribution is 2.34. The molecule has 0 aliphatic heterocycles. The molecule has 1 aromatic heterocycles. The summed E-state index contributed by atoms with van der Waals surface area (Å²) in [7, 11) is 0. The van der Waals surface area contributed by atoms with E-state index in [1.54, 1.807) is 39.0 Å². The van der Waals surface area contributed by atoms with Crippen LogP contribution in [0.25, 0.3) is 0 Å². The quantitative estimate of drug-likeness (QED) is 0.463. The summed E-state index contributed by atoms with van der Waals surface area (Å²) in [5.74, 6) is -0.298. The van der Waals surface area contributed by atoms with Crippen molar-refractivity contribution in [3.8, 4) is 11.5 Å². The van der Waals surface area contributed by atoms with Crippen molar-refractivity contribution < 1.29 is 32.5 Å². The third-order valence-corrected chi connectivity index (χ3v) is 5.30. The molecule has 0 saturated carbocycles. The Morgan fingerprint density at radius 3 is 2.26 bits per heavy atom. The van der Waals surface area contributed by atoms with E-state index in [0.29, 0.717) is 22.6 Å². The molecule has 3 rings (SSSR count). The Morgan fingerprint density at radius 2 is 1.74 bits per heavy atom. The number of rotatable bonds is 8. The first-order valence-corrected chi connectivity index (χ1v) is 10.7. The van der Waals surface area contributed by atoms with Gasteiger partial charge in [0.15, 0.2) is 17.5 Å². The van der Waals surface area contributed by atoms with Gasteiger partial charge in [-0.2, -0.15) is 18.3 Å². The Morgan fingerprint density at radius 1 is 1.11 bits per heavy atom. The van der Waals surface area contributed by atoms with Gasteiger partial charge in [0.1, 0.15) is 11.5 Å². The number of aryl methyl sites for hydroxylation is 1. The van der Waals surface area contributed by atoms with Crippen molar-refractivity contribution in [2.24, 2.45) is 0 Å².